The monoisotopic (exact) mass is 181 g/mol. The van der Waals surface area contributed by atoms with Gasteiger partial charge in [0.25, 0.3) is 0 Å². The topological polar surface area (TPSA) is 57.0 Å². The fourth-order valence-electron chi connectivity index (χ4n) is 0.796. The third-order valence-corrected chi connectivity index (χ3v) is 1.47. The molecule has 1 aliphatic rings. The Kier molecular flexibility index (Phi) is 3.92. The molecule has 0 aromatic carbocycles. The average molecular weight is 181 g/mol. The molecule has 0 unspecified atom stereocenters. The molecule has 1 heterocycles. The van der Waals surface area contributed by atoms with Crippen molar-refractivity contribution in [3.05, 3.63) is 23.9 Å². The Hall–Kier alpha value is -1.42. The minimum Gasteiger partial charge on any atom is -0.267 e. The van der Waals surface area contributed by atoms with Crippen LogP contribution in [0.3, 0.4) is 0 Å². The molecular formula is C9H13N2O2+2. The van der Waals surface area contributed by atoms with Crippen LogP contribution in [0.1, 0.15) is 13.3 Å². The zero-order chi connectivity index (χ0) is 9.52. The molecule has 0 aromatic rings. The summed E-state index contributed by atoms with van der Waals surface area (Å²) in [6.07, 6.45) is 7.67. The third kappa shape index (κ3) is 3.21. The number of hydrogen-bond acceptors (Lipinski definition) is 3. The molecule has 0 aromatic heterocycles. The van der Waals surface area contributed by atoms with Crippen molar-refractivity contribution in [3.8, 4) is 0 Å². The quantitative estimate of drug-likeness (QED) is 0.459. The Balaban J connectivity index is 2.35. The van der Waals surface area contributed by atoms with Crippen molar-refractivity contribution in [2.75, 3.05) is 6.54 Å². The van der Waals surface area contributed by atoms with E-state index in [-0.39, 0.29) is 0 Å². The van der Waals surface area contributed by atoms with Gasteiger partial charge in [-0.25, -0.2) is 4.79 Å². The number of allylic oxidation sites excluding steroid dienone is 3. The minimum atomic E-state index is -0.394. The molecule has 2 N–H and O–H groups in total. The predicted molar refractivity (Wildman–Crippen MR) is 48.6 cm³/mol. The van der Waals surface area contributed by atoms with Crippen LogP contribution < -0.4 is 10.5 Å². The van der Waals surface area contributed by atoms with E-state index in [2.05, 4.69) is 4.99 Å². The molecule has 1 aliphatic heterocycles. The predicted octanol–water partition coefficient (Wildman–Crippen LogP) is -0.722. The molecule has 0 saturated carbocycles. The molecule has 0 fully saturated rings. The molecule has 0 aliphatic carbocycles. The van der Waals surface area contributed by atoms with Crippen LogP contribution in [0.2, 0.25) is 0 Å². The first kappa shape index (κ1) is 9.67. The lowest BCUT2D eigenvalue weighted by Gasteiger charge is -1.95. The lowest BCUT2D eigenvalue weighted by Crippen LogP contribution is -2.84. The van der Waals surface area contributed by atoms with Gasteiger partial charge in [-0.1, -0.05) is 6.92 Å². The van der Waals surface area contributed by atoms with Crippen LogP contribution in [0, 0.1) is 0 Å². The Morgan fingerprint density at radius 1 is 1.62 bits per heavy atom. The molecule has 1 rings (SSSR count). The van der Waals surface area contributed by atoms with Gasteiger partial charge in [-0.15, -0.1) is 0 Å². The van der Waals surface area contributed by atoms with E-state index in [4.69, 9.17) is 4.84 Å². The lowest BCUT2D eigenvalue weighted by atomic mass is 10.3. The summed E-state index contributed by atoms with van der Waals surface area (Å²) in [5.41, 5.74) is 1.85. The zero-order valence-corrected chi connectivity index (χ0v) is 7.56. The number of hydroxylamine groups is 1. The highest BCUT2D eigenvalue weighted by atomic mass is 16.7. The van der Waals surface area contributed by atoms with Crippen LogP contribution in [0.4, 0.5) is 0 Å². The maximum Gasteiger partial charge on any atom is 0.467 e. The van der Waals surface area contributed by atoms with Crippen LogP contribution in [-0.4, -0.2) is 18.7 Å². The summed E-state index contributed by atoms with van der Waals surface area (Å²) in [5, 5.41) is 0. The van der Waals surface area contributed by atoms with Gasteiger partial charge in [-0.05, 0) is 12.5 Å². The number of quaternary nitrogens is 1. The molecule has 0 bridgehead atoms. The SMILES string of the molecule is CCC[NH2+]OC(=O)C1=CC=CC=[N+]1. The fourth-order valence-corrected chi connectivity index (χ4v) is 0.796. The minimum absolute atomic E-state index is 0.342. The molecule has 0 saturated heterocycles. The Bertz CT molecular complexity index is 267. The first-order chi connectivity index (χ1) is 6.34. The van der Waals surface area contributed by atoms with E-state index < -0.39 is 5.97 Å². The van der Waals surface area contributed by atoms with Crippen molar-refractivity contribution < 1.29 is 15.1 Å². The second-order valence-corrected chi connectivity index (χ2v) is 2.58. The molecule has 13 heavy (non-hydrogen) atoms. The maximum atomic E-state index is 11.2. The number of nitrogens with zero attached hydrogens (tertiary/aromatic N) is 1. The van der Waals surface area contributed by atoms with Crippen LogP contribution in [-0.2, 0) is 9.63 Å². The molecule has 69 valence electrons. The summed E-state index contributed by atoms with van der Waals surface area (Å²) in [4.78, 5) is 19.9. The first-order valence-corrected chi connectivity index (χ1v) is 4.28. The number of carbonyl (C=O) groups is 1. The molecule has 0 amide bonds. The van der Waals surface area contributed by atoms with E-state index in [1.807, 2.05) is 6.92 Å². The van der Waals surface area contributed by atoms with Crippen LogP contribution in [0.5, 0.6) is 0 Å². The Labute approximate surface area is 76.9 Å². The normalized spacial score (nSPS) is 14.1. The van der Waals surface area contributed by atoms with E-state index in [9.17, 15) is 4.79 Å². The standard InChI is InChI=1S/C9H12N2O2/c1-2-6-11-13-9(12)8-5-3-4-7-10-8/h3-5,7,11H,2,6H2,1H3/q+1/p+1. The van der Waals surface area contributed by atoms with Gasteiger partial charge in [0.05, 0.1) is 4.99 Å². The number of rotatable bonds is 4. The van der Waals surface area contributed by atoms with Gasteiger partial charge in [0.2, 0.25) is 6.21 Å². The second kappa shape index (κ2) is 5.27. The summed E-state index contributed by atoms with van der Waals surface area (Å²) < 4.78 is 0. The number of hydrogen-bond donors (Lipinski definition) is 1. The van der Waals surface area contributed by atoms with Gasteiger partial charge in [0.1, 0.15) is 6.54 Å². The number of nitrogens with two attached hydrogens (primary N) is 1. The molecular weight excluding hydrogens is 168 g/mol. The van der Waals surface area contributed by atoms with Crippen molar-refractivity contribution in [2.24, 2.45) is 0 Å². The van der Waals surface area contributed by atoms with Crippen molar-refractivity contribution in [2.45, 2.75) is 13.3 Å². The summed E-state index contributed by atoms with van der Waals surface area (Å²) in [7, 11) is 0. The van der Waals surface area contributed by atoms with E-state index in [0.29, 0.717) is 5.70 Å². The van der Waals surface area contributed by atoms with E-state index >= 15 is 0 Å². The van der Waals surface area contributed by atoms with Gasteiger partial charge in [0.15, 0.2) is 0 Å². The molecule has 0 spiro atoms. The van der Waals surface area contributed by atoms with Crippen LogP contribution in [0.25, 0.3) is 0 Å². The van der Waals surface area contributed by atoms with E-state index in [1.165, 1.54) is 5.48 Å². The maximum absolute atomic E-state index is 11.2. The summed E-state index contributed by atoms with van der Waals surface area (Å²) >= 11 is 0. The van der Waals surface area contributed by atoms with Gasteiger partial charge in [-0.3, -0.25) is 4.84 Å². The van der Waals surface area contributed by atoms with Crippen molar-refractivity contribution >= 4 is 12.2 Å². The number of carbonyl (C=O) groups excluding carboxylic acids is 1. The highest BCUT2D eigenvalue weighted by molar-refractivity contribution is 5.91. The first-order valence-electron chi connectivity index (χ1n) is 4.28. The van der Waals surface area contributed by atoms with Crippen LogP contribution >= 0.6 is 0 Å². The van der Waals surface area contributed by atoms with E-state index in [0.717, 1.165) is 13.0 Å². The highest BCUT2D eigenvalue weighted by Crippen LogP contribution is 1.93. The van der Waals surface area contributed by atoms with Gasteiger partial charge < -0.3 is 0 Å². The zero-order valence-electron chi connectivity index (χ0n) is 7.56. The summed E-state index contributed by atoms with van der Waals surface area (Å²) in [6.45, 7) is 2.80. The number of aliphatic imine (C=N–C) groups is 1. The van der Waals surface area contributed by atoms with Crippen LogP contribution in [0.15, 0.2) is 23.9 Å². The Morgan fingerprint density at radius 3 is 3.08 bits per heavy atom. The largest absolute Gasteiger partial charge is 0.467 e. The van der Waals surface area contributed by atoms with Gasteiger partial charge in [0, 0.05) is 12.2 Å². The summed E-state index contributed by atoms with van der Waals surface area (Å²) in [5.74, 6) is -0.394. The van der Waals surface area contributed by atoms with Crippen molar-refractivity contribution in [1.29, 1.82) is 0 Å². The Morgan fingerprint density at radius 2 is 2.46 bits per heavy atom. The third-order valence-electron chi connectivity index (χ3n) is 1.47. The average Bonchev–Trinajstić information content (AvgIpc) is 2.19. The fraction of sp³-hybridized carbons (Fsp3) is 0.333. The van der Waals surface area contributed by atoms with E-state index in [1.54, 1.807) is 24.4 Å². The molecule has 0 atom stereocenters. The van der Waals surface area contributed by atoms with Crippen molar-refractivity contribution in [3.63, 3.8) is 0 Å². The second-order valence-electron chi connectivity index (χ2n) is 2.58. The molecule has 4 nitrogen and oxygen atoms in total. The highest BCUT2D eigenvalue weighted by Gasteiger charge is 2.23. The lowest BCUT2D eigenvalue weighted by molar-refractivity contribution is -0.871. The smallest absolute Gasteiger partial charge is 0.267 e. The van der Waals surface area contributed by atoms with Gasteiger partial charge >= 0.3 is 11.7 Å². The van der Waals surface area contributed by atoms with Gasteiger partial charge in [-0.2, -0.15) is 5.48 Å². The summed E-state index contributed by atoms with van der Waals surface area (Å²) in [6, 6.07) is 0. The molecule has 1 radical (unpaired) electrons. The van der Waals surface area contributed by atoms with Crippen molar-refractivity contribution in [1.82, 2.24) is 4.99 Å². The molecule has 4 heteroatoms.